The van der Waals surface area contributed by atoms with Crippen LogP contribution in [0.1, 0.15) is 27.0 Å². The Balaban J connectivity index is 1.56. The third kappa shape index (κ3) is 3.13. The van der Waals surface area contributed by atoms with Crippen LogP contribution in [-0.2, 0) is 16.2 Å². The molecular weight excluding hydrogens is 411 g/mol. The second-order valence-electron chi connectivity index (χ2n) is 7.85. The Labute approximate surface area is 184 Å². The molecule has 0 radical (unpaired) electrons. The predicted molar refractivity (Wildman–Crippen MR) is 120 cm³/mol. The van der Waals surface area contributed by atoms with Crippen LogP contribution >= 0.6 is 11.8 Å². The molecule has 0 aliphatic carbocycles. The minimum Gasteiger partial charge on any atom is -0.311 e. The lowest BCUT2D eigenvalue weighted by atomic mass is 10.0. The standard InChI is InChI=1S/C25H21FN2O2S/c1-17-6-8-18(9-7-17)16-27-22-5-3-2-4-21(22)25(24(27)30)28(14-15-31-25)23(29)19-10-12-20(26)13-11-19/h2-13H,14-16H2,1H3/t25-/m1/s1. The van der Waals surface area contributed by atoms with Crippen LogP contribution in [0.2, 0.25) is 0 Å². The Morgan fingerprint density at radius 1 is 1.03 bits per heavy atom. The van der Waals surface area contributed by atoms with Gasteiger partial charge in [0, 0.05) is 23.4 Å². The van der Waals surface area contributed by atoms with Crippen LogP contribution in [0.5, 0.6) is 0 Å². The van der Waals surface area contributed by atoms with E-state index in [-0.39, 0.29) is 11.8 Å². The fraction of sp³-hybridized carbons (Fsp3) is 0.200. The van der Waals surface area contributed by atoms with Crippen LogP contribution in [0.3, 0.4) is 0 Å². The molecule has 0 bridgehead atoms. The minimum atomic E-state index is -1.09. The number of halogens is 1. The Morgan fingerprint density at radius 2 is 1.74 bits per heavy atom. The van der Waals surface area contributed by atoms with Crippen LogP contribution < -0.4 is 4.90 Å². The molecule has 1 atom stereocenters. The van der Waals surface area contributed by atoms with Gasteiger partial charge in [0.2, 0.25) is 0 Å². The summed E-state index contributed by atoms with van der Waals surface area (Å²) in [7, 11) is 0. The number of carbonyl (C=O) groups is 2. The number of amides is 2. The van der Waals surface area contributed by atoms with Crippen molar-refractivity contribution >= 4 is 29.3 Å². The van der Waals surface area contributed by atoms with Gasteiger partial charge in [0.05, 0.1) is 12.2 Å². The van der Waals surface area contributed by atoms with Gasteiger partial charge < -0.3 is 9.80 Å². The zero-order chi connectivity index (χ0) is 21.6. The van der Waals surface area contributed by atoms with Gasteiger partial charge in [-0.3, -0.25) is 9.59 Å². The molecule has 1 spiro atoms. The number of rotatable bonds is 3. The lowest BCUT2D eigenvalue weighted by Gasteiger charge is -2.33. The highest BCUT2D eigenvalue weighted by atomic mass is 32.2. The van der Waals surface area contributed by atoms with E-state index in [1.165, 1.54) is 36.0 Å². The molecule has 2 aliphatic heterocycles. The summed E-state index contributed by atoms with van der Waals surface area (Å²) in [6, 6.07) is 21.3. The average molecular weight is 433 g/mol. The molecule has 2 amide bonds. The zero-order valence-electron chi connectivity index (χ0n) is 17.0. The number of fused-ring (bicyclic) bond motifs is 2. The van der Waals surface area contributed by atoms with E-state index in [0.717, 1.165) is 22.4 Å². The maximum Gasteiger partial charge on any atom is 0.268 e. The zero-order valence-corrected chi connectivity index (χ0v) is 17.9. The summed E-state index contributed by atoms with van der Waals surface area (Å²) in [4.78, 5) is 29.7. The summed E-state index contributed by atoms with van der Waals surface area (Å²) in [6.07, 6.45) is 0. The highest BCUT2D eigenvalue weighted by molar-refractivity contribution is 8.01. The van der Waals surface area contributed by atoms with Gasteiger partial charge in [-0.25, -0.2) is 4.39 Å². The van der Waals surface area contributed by atoms with E-state index in [1.54, 1.807) is 9.80 Å². The molecule has 0 unspecified atom stereocenters. The Bertz CT molecular complexity index is 1160. The van der Waals surface area contributed by atoms with Crippen molar-refractivity contribution in [2.45, 2.75) is 18.3 Å². The molecule has 0 saturated carbocycles. The maximum atomic E-state index is 13.9. The topological polar surface area (TPSA) is 40.6 Å². The molecule has 2 heterocycles. The number of aryl methyl sites for hydroxylation is 1. The van der Waals surface area contributed by atoms with Crippen molar-refractivity contribution in [3.8, 4) is 0 Å². The van der Waals surface area contributed by atoms with Gasteiger partial charge in [0.15, 0.2) is 4.87 Å². The third-order valence-electron chi connectivity index (χ3n) is 5.90. The van der Waals surface area contributed by atoms with E-state index < -0.39 is 10.7 Å². The molecule has 1 saturated heterocycles. The summed E-state index contributed by atoms with van der Waals surface area (Å²) in [5, 5.41) is 0. The minimum absolute atomic E-state index is 0.104. The van der Waals surface area contributed by atoms with E-state index >= 15 is 0 Å². The molecule has 0 N–H and O–H groups in total. The normalized spacial score (nSPS) is 19.9. The number of benzene rings is 3. The van der Waals surface area contributed by atoms with Crippen LogP contribution in [-0.4, -0.2) is 29.0 Å². The summed E-state index contributed by atoms with van der Waals surface area (Å²) in [5.74, 6) is -0.100. The first-order valence-corrected chi connectivity index (χ1v) is 11.2. The van der Waals surface area contributed by atoms with Crippen molar-refractivity contribution in [2.24, 2.45) is 0 Å². The first-order chi connectivity index (χ1) is 15.0. The van der Waals surface area contributed by atoms with Crippen molar-refractivity contribution in [1.29, 1.82) is 0 Å². The Morgan fingerprint density at radius 3 is 2.48 bits per heavy atom. The van der Waals surface area contributed by atoms with Gasteiger partial charge in [0.1, 0.15) is 5.82 Å². The van der Waals surface area contributed by atoms with E-state index in [2.05, 4.69) is 0 Å². The van der Waals surface area contributed by atoms with Crippen LogP contribution in [0.4, 0.5) is 10.1 Å². The maximum absolute atomic E-state index is 13.9. The van der Waals surface area contributed by atoms with E-state index in [9.17, 15) is 14.0 Å². The molecule has 0 aromatic heterocycles. The fourth-order valence-electron chi connectivity index (χ4n) is 4.35. The SMILES string of the molecule is Cc1ccc(CN2C(=O)[C@]3(SCCN3C(=O)c3ccc(F)cc3)c3ccccc32)cc1. The largest absolute Gasteiger partial charge is 0.311 e. The summed E-state index contributed by atoms with van der Waals surface area (Å²) >= 11 is 1.49. The van der Waals surface area contributed by atoms with Crippen molar-refractivity contribution < 1.29 is 14.0 Å². The fourth-order valence-corrected chi connectivity index (χ4v) is 5.81. The van der Waals surface area contributed by atoms with Gasteiger partial charge in [-0.2, -0.15) is 0 Å². The van der Waals surface area contributed by atoms with Gasteiger partial charge in [-0.15, -0.1) is 11.8 Å². The number of hydrogen-bond donors (Lipinski definition) is 0. The average Bonchev–Trinajstić information content (AvgIpc) is 3.33. The van der Waals surface area contributed by atoms with Gasteiger partial charge >= 0.3 is 0 Å². The lowest BCUT2D eigenvalue weighted by Crippen LogP contribution is -2.50. The summed E-state index contributed by atoms with van der Waals surface area (Å²) in [5.41, 5.74) is 4.25. The highest BCUT2D eigenvalue weighted by Crippen LogP contribution is 2.54. The number of hydrogen-bond acceptors (Lipinski definition) is 3. The van der Waals surface area contributed by atoms with Gasteiger partial charge in [-0.1, -0.05) is 48.0 Å². The first-order valence-electron chi connectivity index (χ1n) is 10.2. The molecule has 3 aromatic carbocycles. The van der Waals surface area contributed by atoms with E-state index in [1.807, 2.05) is 55.5 Å². The molecule has 31 heavy (non-hydrogen) atoms. The quantitative estimate of drug-likeness (QED) is 0.601. The number of nitrogens with zero attached hydrogens (tertiary/aromatic N) is 2. The molecule has 6 heteroatoms. The smallest absolute Gasteiger partial charge is 0.268 e. The predicted octanol–water partition coefficient (Wildman–Crippen LogP) is 4.72. The van der Waals surface area contributed by atoms with E-state index in [0.29, 0.717) is 24.4 Å². The highest BCUT2D eigenvalue weighted by Gasteiger charge is 2.59. The molecular formula is C25H21FN2O2S. The molecule has 1 fully saturated rings. The number of anilines is 1. The molecule has 5 rings (SSSR count). The van der Waals surface area contributed by atoms with Crippen molar-refractivity contribution in [1.82, 2.24) is 4.90 Å². The van der Waals surface area contributed by atoms with Crippen LogP contribution in [0, 0.1) is 12.7 Å². The second-order valence-corrected chi connectivity index (χ2v) is 9.14. The second kappa shape index (κ2) is 7.54. The van der Waals surface area contributed by atoms with Crippen molar-refractivity contribution in [3.63, 3.8) is 0 Å². The van der Waals surface area contributed by atoms with Crippen molar-refractivity contribution in [3.05, 3.63) is 101 Å². The van der Waals surface area contributed by atoms with Gasteiger partial charge in [-0.05, 0) is 42.8 Å². The monoisotopic (exact) mass is 432 g/mol. The molecule has 156 valence electrons. The number of thioether (sulfide) groups is 1. The molecule has 2 aliphatic rings. The van der Waals surface area contributed by atoms with E-state index in [4.69, 9.17) is 0 Å². The summed E-state index contributed by atoms with van der Waals surface area (Å²) in [6.45, 7) is 2.93. The summed E-state index contributed by atoms with van der Waals surface area (Å²) < 4.78 is 13.4. The first kappa shape index (κ1) is 19.8. The number of carbonyl (C=O) groups excluding carboxylic acids is 2. The van der Waals surface area contributed by atoms with Crippen LogP contribution in [0.25, 0.3) is 0 Å². The third-order valence-corrected chi connectivity index (χ3v) is 7.32. The van der Waals surface area contributed by atoms with Crippen molar-refractivity contribution in [2.75, 3.05) is 17.2 Å². The lowest BCUT2D eigenvalue weighted by molar-refractivity contribution is -0.123. The van der Waals surface area contributed by atoms with Gasteiger partial charge in [0.25, 0.3) is 11.8 Å². The molecule has 4 nitrogen and oxygen atoms in total. The molecule has 3 aromatic rings. The Kier molecular flexibility index (Phi) is 4.82. The Hall–Kier alpha value is -3.12. The van der Waals surface area contributed by atoms with Crippen LogP contribution in [0.15, 0.2) is 72.8 Å². The number of para-hydroxylation sites is 1.